The number of amides is 1. The molecule has 1 amide bonds. The van der Waals surface area contributed by atoms with Crippen LogP contribution in [0.15, 0.2) is 22.8 Å². The van der Waals surface area contributed by atoms with E-state index in [1.54, 1.807) is 6.26 Å². The molecule has 1 heterocycles. The van der Waals surface area contributed by atoms with Crippen LogP contribution in [0.5, 0.6) is 0 Å². The molecule has 1 aliphatic carbocycles. The number of furan rings is 1. The van der Waals surface area contributed by atoms with Crippen LogP contribution in [0.4, 0.5) is 0 Å². The molecule has 0 spiro atoms. The summed E-state index contributed by atoms with van der Waals surface area (Å²) in [6.45, 7) is 5.51. The average Bonchev–Trinajstić information content (AvgIpc) is 3.08. The Balaban J connectivity index is 1.62. The second-order valence-corrected chi connectivity index (χ2v) is 7.70. The van der Waals surface area contributed by atoms with E-state index in [1.165, 1.54) is 6.92 Å². The first-order valence-electron chi connectivity index (χ1n) is 9.74. The van der Waals surface area contributed by atoms with Crippen molar-refractivity contribution in [3.63, 3.8) is 0 Å². The van der Waals surface area contributed by atoms with Crippen molar-refractivity contribution in [2.24, 2.45) is 0 Å². The molecule has 1 aliphatic rings. The van der Waals surface area contributed by atoms with Crippen molar-refractivity contribution in [2.75, 3.05) is 0 Å². The first kappa shape index (κ1) is 19.9. The SMILES string of the molecule is Cc1ccc2c(CC(=O)O[C@@H](C)C(=O)NC3(C#N)CCCCC3)coc2c1C. The van der Waals surface area contributed by atoms with Crippen molar-refractivity contribution in [2.45, 2.75) is 70.9 Å². The number of ether oxygens (including phenoxy) is 1. The maximum Gasteiger partial charge on any atom is 0.311 e. The van der Waals surface area contributed by atoms with Crippen LogP contribution in [-0.4, -0.2) is 23.5 Å². The lowest BCUT2D eigenvalue weighted by Gasteiger charge is -2.32. The van der Waals surface area contributed by atoms with Gasteiger partial charge in [0.05, 0.1) is 18.8 Å². The minimum absolute atomic E-state index is 0.0243. The van der Waals surface area contributed by atoms with E-state index in [0.29, 0.717) is 12.8 Å². The van der Waals surface area contributed by atoms with Gasteiger partial charge in [0, 0.05) is 10.9 Å². The number of fused-ring (bicyclic) bond motifs is 1. The molecule has 0 unspecified atom stereocenters. The molecule has 1 aromatic heterocycles. The van der Waals surface area contributed by atoms with Crippen molar-refractivity contribution in [3.05, 3.63) is 35.1 Å². The molecule has 148 valence electrons. The number of nitrogens with zero attached hydrogens (tertiary/aromatic N) is 1. The van der Waals surface area contributed by atoms with Crippen molar-refractivity contribution >= 4 is 22.8 Å². The van der Waals surface area contributed by atoms with Crippen molar-refractivity contribution in [1.29, 1.82) is 5.26 Å². The molecule has 1 aromatic carbocycles. The second-order valence-electron chi connectivity index (χ2n) is 7.70. The number of carbonyl (C=O) groups excluding carboxylic acids is 2. The number of aryl methyl sites for hydroxylation is 2. The Labute approximate surface area is 164 Å². The van der Waals surface area contributed by atoms with Crippen LogP contribution in [0.2, 0.25) is 0 Å². The van der Waals surface area contributed by atoms with Crippen molar-refractivity contribution < 1.29 is 18.7 Å². The highest BCUT2D eigenvalue weighted by molar-refractivity contribution is 5.89. The smallest absolute Gasteiger partial charge is 0.311 e. The van der Waals surface area contributed by atoms with Gasteiger partial charge in [-0.2, -0.15) is 5.26 Å². The highest BCUT2D eigenvalue weighted by Crippen LogP contribution is 2.28. The molecule has 1 saturated carbocycles. The Bertz CT molecular complexity index is 932. The topological polar surface area (TPSA) is 92.3 Å². The molecule has 0 bridgehead atoms. The van der Waals surface area contributed by atoms with Gasteiger partial charge in [-0.1, -0.05) is 31.4 Å². The molecule has 3 rings (SSSR count). The summed E-state index contributed by atoms with van der Waals surface area (Å²) in [5, 5.41) is 13.2. The van der Waals surface area contributed by atoms with Gasteiger partial charge in [-0.05, 0) is 44.7 Å². The Hall–Kier alpha value is -2.81. The van der Waals surface area contributed by atoms with Crippen LogP contribution in [0.25, 0.3) is 11.0 Å². The number of nitrogens with one attached hydrogen (secondary N) is 1. The van der Waals surface area contributed by atoms with Crippen molar-refractivity contribution in [1.82, 2.24) is 5.32 Å². The largest absolute Gasteiger partial charge is 0.464 e. The van der Waals surface area contributed by atoms with Gasteiger partial charge in [-0.25, -0.2) is 0 Å². The maximum absolute atomic E-state index is 12.4. The molecule has 1 N–H and O–H groups in total. The third-order valence-corrected chi connectivity index (χ3v) is 5.64. The number of hydrogen-bond acceptors (Lipinski definition) is 5. The van der Waals surface area contributed by atoms with E-state index < -0.39 is 23.5 Å². The fraction of sp³-hybridized carbons (Fsp3) is 0.500. The van der Waals surface area contributed by atoms with E-state index in [9.17, 15) is 14.9 Å². The number of carbonyl (C=O) groups is 2. The number of rotatable bonds is 5. The van der Waals surface area contributed by atoms with Gasteiger partial charge in [-0.15, -0.1) is 0 Å². The fourth-order valence-corrected chi connectivity index (χ4v) is 3.73. The minimum Gasteiger partial charge on any atom is -0.464 e. The lowest BCUT2D eigenvalue weighted by Crippen LogP contribution is -2.52. The first-order valence-corrected chi connectivity index (χ1v) is 9.74. The van der Waals surface area contributed by atoms with Gasteiger partial charge >= 0.3 is 5.97 Å². The minimum atomic E-state index is -0.957. The monoisotopic (exact) mass is 382 g/mol. The van der Waals surface area contributed by atoms with Crippen LogP contribution in [-0.2, 0) is 20.7 Å². The van der Waals surface area contributed by atoms with Gasteiger partial charge in [0.2, 0.25) is 0 Å². The molecule has 6 heteroatoms. The lowest BCUT2D eigenvalue weighted by molar-refractivity contribution is -0.154. The number of nitriles is 1. The summed E-state index contributed by atoms with van der Waals surface area (Å²) in [6, 6.07) is 6.16. The van der Waals surface area contributed by atoms with Crippen LogP contribution >= 0.6 is 0 Å². The van der Waals surface area contributed by atoms with Gasteiger partial charge < -0.3 is 14.5 Å². The van der Waals surface area contributed by atoms with E-state index in [0.717, 1.165) is 46.9 Å². The third kappa shape index (κ3) is 4.04. The molecular weight excluding hydrogens is 356 g/mol. The first-order chi connectivity index (χ1) is 13.3. The van der Waals surface area contributed by atoms with E-state index in [2.05, 4.69) is 11.4 Å². The summed E-state index contributed by atoms with van der Waals surface area (Å²) < 4.78 is 10.9. The molecule has 1 atom stereocenters. The number of esters is 1. The highest BCUT2D eigenvalue weighted by Gasteiger charge is 2.35. The summed E-state index contributed by atoms with van der Waals surface area (Å²) in [7, 11) is 0. The maximum atomic E-state index is 12.4. The molecule has 1 fully saturated rings. The van der Waals surface area contributed by atoms with Gasteiger partial charge in [0.25, 0.3) is 5.91 Å². The van der Waals surface area contributed by atoms with Gasteiger partial charge in [0.1, 0.15) is 11.1 Å². The predicted molar refractivity (Wildman–Crippen MR) is 105 cm³/mol. The summed E-state index contributed by atoms with van der Waals surface area (Å²) in [5.74, 6) is -0.932. The van der Waals surface area contributed by atoms with Crippen LogP contribution < -0.4 is 5.32 Å². The predicted octanol–water partition coefficient (Wildman–Crippen LogP) is 3.87. The average molecular weight is 382 g/mol. The van der Waals surface area contributed by atoms with Gasteiger partial charge in [0.15, 0.2) is 6.10 Å². The summed E-state index contributed by atoms with van der Waals surface area (Å²) >= 11 is 0. The number of benzene rings is 1. The summed E-state index contributed by atoms with van der Waals surface area (Å²) in [6.07, 6.45) is 4.80. The molecular formula is C22H26N2O4. The van der Waals surface area contributed by atoms with Crippen LogP contribution in [0.3, 0.4) is 0 Å². The van der Waals surface area contributed by atoms with Crippen molar-refractivity contribution in [3.8, 4) is 6.07 Å². The molecule has 0 aliphatic heterocycles. The Kier molecular flexibility index (Phi) is 5.73. The molecule has 0 radical (unpaired) electrons. The van der Waals surface area contributed by atoms with E-state index >= 15 is 0 Å². The number of hydrogen-bond donors (Lipinski definition) is 1. The molecule has 28 heavy (non-hydrogen) atoms. The lowest BCUT2D eigenvalue weighted by atomic mass is 9.83. The Morgan fingerprint density at radius 1 is 1.29 bits per heavy atom. The van der Waals surface area contributed by atoms with Crippen LogP contribution in [0.1, 0.15) is 55.7 Å². The van der Waals surface area contributed by atoms with E-state index in [4.69, 9.17) is 9.15 Å². The van der Waals surface area contributed by atoms with E-state index in [-0.39, 0.29) is 6.42 Å². The van der Waals surface area contributed by atoms with Gasteiger partial charge in [-0.3, -0.25) is 9.59 Å². The molecule has 2 aromatic rings. The molecule has 6 nitrogen and oxygen atoms in total. The standard InChI is InChI=1S/C22H26N2O4/c1-14-7-8-18-17(12-27-20(18)15(14)2)11-19(25)28-16(3)21(26)24-22(13-23)9-5-4-6-10-22/h7-8,12,16H,4-6,9-11H2,1-3H3,(H,24,26)/t16-/m0/s1. The zero-order chi connectivity index (χ0) is 20.3. The fourth-order valence-electron chi connectivity index (χ4n) is 3.73. The third-order valence-electron chi connectivity index (χ3n) is 5.64. The Morgan fingerprint density at radius 2 is 2.00 bits per heavy atom. The van der Waals surface area contributed by atoms with E-state index in [1.807, 2.05) is 26.0 Å². The second kappa shape index (κ2) is 8.05. The summed E-state index contributed by atoms with van der Waals surface area (Å²) in [5.41, 5.74) is 2.82. The quantitative estimate of drug-likeness (QED) is 0.793. The Morgan fingerprint density at radius 3 is 2.68 bits per heavy atom. The highest BCUT2D eigenvalue weighted by atomic mass is 16.5. The normalized spacial score (nSPS) is 16.9. The zero-order valence-corrected chi connectivity index (χ0v) is 16.6. The zero-order valence-electron chi connectivity index (χ0n) is 16.6. The van der Waals surface area contributed by atoms with Crippen LogP contribution in [0, 0.1) is 25.2 Å². The summed E-state index contributed by atoms with van der Waals surface area (Å²) in [4.78, 5) is 24.8. The molecule has 0 saturated heterocycles.